The van der Waals surface area contributed by atoms with Gasteiger partial charge in [-0.25, -0.2) is 9.37 Å². The number of methoxy groups -OCH3 is 1. The van der Waals surface area contributed by atoms with Crippen LogP contribution in [0.1, 0.15) is 27.7 Å². The zero-order valence-electron chi connectivity index (χ0n) is 17.8. The van der Waals surface area contributed by atoms with Gasteiger partial charge in [0.05, 0.1) is 24.4 Å². The number of para-hydroxylation sites is 1. The van der Waals surface area contributed by atoms with Gasteiger partial charge < -0.3 is 15.0 Å². The summed E-state index contributed by atoms with van der Waals surface area (Å²) in [6.07, 6.45) is 3.43. The van der Waals surface area contributed by atoms with Gasteiger partial charge in [0.1, 0.15) is 17.4 Å². The van der Waals surface area contributed by atoms with Gasteiger partial charge in [-0.05, 0) is 42.0 Å². The Morgan fingerprint density at radius 3 is 2.55 bits per heavy atom. The molecule has 2 N–H and O–H groups in total. The molecule has 0 saturated carbocycles. The molecule has 7 nitrogen and oxygen atoms in total. The number of carbonyl (C=O) groups excluding carboxylic acids is 1. The molecule has 0 aliphatic carbocycles. The quantitative estimate of drug-likeness (QED) is 0.453. The SMILES string of the molecule is COc1ccccc1C(=O)N[C@@H](Cc1cc(=O)[nH]c(-c2ccncc2)n1)c1ccc(F)cc1. The zero-order valence-corrected chi connectivity index (χ0v) is 17.8. The molecule has 0 saturated heterocycles. The van der Waals surface area contributed by atoms with Gasteiger partial charge in [-0.3, -0.25) is 14.6 Å². The number of rotatable bonds is 7. The molecule has 1 amide bonds. The van der Waals surface area contributed by atoms with Crippen LogP contribution >= 0.6 is 0 Å². The number of ether oxygens (including phenoxy) is 1. The molecule has 0 bridgehead atoms. The topological polar surface area (TPSA) is 97.0 Å². The van der Waals surface area contributed by atoms with Gasteiger partial charge in [0.25, 0.3) is 11.5 Å². The number of hydrogen-bond donors (Lipinski definition) is 2. The van der Waals surface area contributed by atoms with Crippen LogP contribution in [-0.2, 0) is 6.42 Å². The van der Waals surface area contributed by atoms with Crippen molar-refractivity contribution in [1.29, 1.82) is 0 Å². The number of halogens is 1. The molecule has 4 rings (SSSR count). The average molecular weight is 444 g/mol. The number of pyridine rings is 1. The van der Waals surface area contributed by atoms with E-state index < -0.39 is 6.04 Å². The maximum atomic E-state index is 13.5. The van der Waals surface area contributed by atoms with Gasteiger partial charge in [0.15, 0.2) is 0 Å². The Kier molecular flexibility index (Phi) is 6.54. The first kappa shape index (κ1) is 21.9. The monoisotopic (exact) mass is 444 g/mol. The number of hydrogen-bond acceptors (Lipinski definition) is 5. The predicted octanol–water partition coefficient (Wildman–Crippen LogP) is 3.69. The summed E-state index contributed by atoms with van der Waals surface area (Å²) < 4.78 is 18.8. The van der Waals surface area contributed by atoms with E-state index >= 15 is 0 Å². The van der Waals surface area contributed by atoms with Gasteiger partial charge >= 0.3 is 0 Å². The van der Waals surface area contributed by atoms with E-state index in [9.17, 15) is 14.0 Å². The summed E-state index contributed by atoms with van der Waals surface area (Å²) in [6.45, 7) is 0. The summed E-state index contributed by atoms with van der Waals surface area (Å²) >= 11 is 0. The number of aromatic nitrogens is 3. The molecule has 33 heavy (non-hydrogen) atoms. The molecule has 2 aromatic heterocycles. The standard InChI is InChI=1S/C25H21FN4O3/c1-33-22-5-3-2-4-20(22)25(32)29-21(16-6-8-18(26)9-7-16)14-19-15-23(31)30-24(28-19)17-10-12-27-13-11-17/h2-13,15,21H,14H2,1H3,(H,29,32)(H,28,30,31)/t21-/m0/s1. The fourth-order valence-corrected chi connectivity index (χ4v) is 3.48. The fraction of sp³-hybridized carbons (Fsp3) is 0.120. The highest BCUT2D eigenvalue weighted by Crippen LogP contribution is 2.22. The van der Waals surface area contributed by atoms with E-state index in [-0.39, 0.29) is 23.7 Å². The molecule has 1 atom stereocenters. The molecule has 0 aliphatic heterocycles. The van der Waals surface area contributed by atoms with E-state index in [2.05, 4.69) is 20.3 Å². The lowest BCUT2D eigenvalue weighted by Crippen LogP contribution is -2.31. The summed E-state index contributed by atoms with van der Waals surface area (Å²) in [6, 6.07) is 17.0. The van der Waals surface area contributed by atoms with E-state index in [1.165, 1.54) is 25.3 Å². The van der Waals surface area contributed by atoms with Gasteiger partial charge in [0.2, 0.25) is 0 Å². The minimum atomic E-state index is -0.567. The highest BCUT2D eigenvalue weighted by atomic mass is 19.1. The van der Waals surface area contributed by atoms with Gasteiger partial charge in [0, 0.05) is 30.4 Å². The third-order valence-corrected chi connectivity index (χ3v) is 5.09. The minimum Gasteiger partial charge on any atom is -0.496 e. The number of H-pyrrole nitrogens is 1. The van der Waals surface area contributed by atoms with Crippen LogP contribution in [0.5, 0.6) is 5.75 Å². The summed E-state index contributed by atoms with van der Waals surface area (Å²) in [5.74, 6) is 0.0831. The molecule has 0 spiro atoms. The van der Waals surface area contributed by atoms with Gasteiger partial charge in [-0.1, -0.05) is 24.3 Å². The fourth-order valence-electron chi connectivity index (χ4n) is 3.48. The first-order chi connectivity index (χ1) is 16.0. The van der Waals surface area contributed by atoms with Crippen LogP contribution in [0.25, 0.3) is 11.4 Å². The lowest BCUT2D eigenvalue weighted by Gasteiger charge is -2.20. The predicted molar refractivity (Wildman–Crippen MR) is 121 cm³/mol. The Morgan fingerprint density at radius 2 is 1.82 bits per heavy atom. The molecule has 166 valence electrons. The van der Waals surface area contributed by atoms with Gasteiger partial charge in [-0.15, -0.1) is 0 Å². The Balaban J connectivity index is 1.67. The number of aromatic amines is 1. The van der Waals surface area contributed by atoms with E-state index in [1.807, 2.05) is 0 Å². The minimum absolute atomic E-state index is 0.217. The van der Waals surface area contributed by atoms with Crippen molar-refractivity contribution in [2.45, 2.75) is 12.5 Å². The van der Waals surface area contributed by atoms with Crippen LogP contribution in [-0.4, -0.2) is 28.0 Å². The van der Waals surface area contributed by atoms with Crippen molar-refractivity contribution in [3.8, 4) is 17.1 Å². The summed E-state index contributed by atoms with van der Waals surface area (Å²) in [5, 5.41) is 2.97. The summed E-state index contributed by atoms with van der Waals surface area (Å²) in [5.41, 5.74) is 1.90. The maximum Gasteiger partial charge on any atom is 0.255 e. The number of amides is 1. The van der Waals surface area contributed by atoms with Crippen LogP contribution in [0.4, 0.5) is 4.39 Å². The van der Waals surface area contributed by atoms with E-state index in [4.69, 9.17) is 4.74 Å². The molecular formula is C25H21FN4O3. The number of carbonyl (C=O) groups is 1. The largest absolute Gasteiger partial charge is 0.496 e. The van der Waals surface area contributed by atoms with Crippen molar-refractivity contribution in [2.24, 2.45) is 0 Å². The third-order valence-electron chi connectivity index (χ3n) is 5.09. The lowest BCUT2D eigenvalue weighted by atomic mass is 10.0. The third kappa shape index (κ3) is 5.30. The molecule has 0 aliphatic rings. The van der Waals surface area contributed by atoms with Crippen molar-refractivity contribution in [3.63, 3.8) is 0 Å². The number of benzene rings is 2. The molecule has 2 aromatic carbocycles. The average Bonchev–Trinajstić information content (AvgIpc) is 2.84. The van der Waals surface area contributed by atoms with Crippen LogP contribution in [0.2, 0.25) is 0 Å². The Morgan fingerprint density at radius 1 is 1.09 bits per heavy atom. The lowest BCUT2D eigenvalue weighted by molar-refractivity contribution is 0.0933. The Bertz CT molecular complexity index is 1310. The van der Waals surface area contributed by atoms with Crippen LogP contribution in [0.15, 0.2) is 83.9 Å². The van der Waals surface area contributed by atoms with E-state index in [0.29, 0.717) is 34.0 Å². The number of nitrogens with zero attached hydrogens (tertiary/aromatic N) is 2. The highest BCUT2D eigenvalue weighted by molar-refractivity contribution is 5.97. The van der Waals surface area contributed by atoms with E-state index in [1.54, 1.807) is 60.9 Å². The normalized spacial score (nSPS) is 11.6. The molecule has 0 fully saturated rings. The summed E-state index contributed by atoms with van der Waals surface area (Å²) in [4.78, 5) is 36.6. The second-order valence-corrected chi connectivity index (χ2v) is 7.30. The van der Waals surface area contributed by atoms with Crippen molar-refractivity contribution < 1.29 is 13.9 Å². The maximum absolute atomic E-state index is 13.5. The second-order valence-electron chi connectivity index (χ2n) is 7.30. The van der Waals surface area contributed by atoms with Crippen LogP contribution in [0.3, 0.4) is 0 Å². The molecule has 0 radical (unpaired) electrons. The smallest absolute Gasteiger partial charge is 0.255 e. The van der Waals surface area contributed by atoms with Crippen LogP contribution < -0.4 is 15.6 Å². The first-order valence-electron chi connectivity index (χ1n) is 10.2. The molecule has 8 heteroatoms. The first-order valence-corrected chi connectivity index (χ1v) is 10.2. The second kappa shape index (κ2) is 9.86. The van der Waals surface area contributed by atoms with Crippen molar-refractivity contribution in [3.05, 3.63) is 112 Å². The van der Waals surface area contributed by atoms with Crippen molar-refractivity contribution >= 4 is 5.91 Å². The molecule has 0 unspecified atom stereocenters. The molecule has 4 aromatic rings. The van der Waals surface area contributed by atoms with Crippen molar-refractivity contribution in [1.82, 2.24) is 20.3 Å². The Labute approximate surface area is 189 Å². The Hall–Kier alpha value is -4.33. The highest BCUT2D eigenvalue weighted by Gasteiger charge is 2.20. The summed E-state index contributed by atoms with van der Waals surface area (Å²) in [7, 11) is 1.49. The zero-order chi connectivity index (χ0) is 23.2. The number of nitrogens with one attached hydrogen (secondary N) is 2. The van der Waals surface area contributed by atoms with Crippen LogP contribution in [0, 0.1) is 5.82 Å². The molecular weight excluding hydrogens is 423 g/mol. The van der Waals surface area contributed by atoms with Gasteiger partial charge in [-0.2, -0.15) is 0 Å². The molecule has 2 heterocycles. The van der Waals surface area contributed by atoms with E-state index in [0.717, 1.165) is 0 Å². The van der Waals surface area contributed by atoms with Crippen molar-refractivity contribution in [2.75, 3.05) is 7.11 Å².